The summed E-state index contributed by atoms with van der Waals surface area (Å²) >= 11 is 0. The predicted molar refractivity (Wildman–Crippen MR) is 75.6 cm³/mol. The molecule has 20 heavy (non-hydrogen) atoms. The Morgan fingerprint density at radius 1 is 1.30 bits per heavy atom. The van der Waals surface area contributed by atoms with Crippen molar-refractivity contribution in [2.45, 2.75) is 30.7 Å². The molecule has 1 heterocycles. The molecule has 2 unspecified atom stereocenters. The molecule has 0 bridgehead atoms. The first-order valence-corrected chi connectivity index (χ1v) is 7.95. The van der Waals surface area contributed by atoms with Gasteiger partial charge in [0.15, 0.2) is 0 Å². The lowest BCUT2D eigenvalue weighted by Crippen LogP contribution is -2.23. The predicted octanol–water partition coefficient (Wildman–Crippen LogP) is 1.62. The molecule has 1 saturated carbocycles. The molecule has 0 amide bonds. The Hall–Kier alpha value is -1.66. The first-order chi connectivity index (χ1) is 9.34. The molecule has 2 atom stereocenters. The molecule has 0 saturated heterocycles. The number of hydrogen-bond acceptors (Lipinski definition) is 4. The summed E-state index contributed by atoms with van der Waals surface area (Å²) in [7, 11) is -3.63. The van der Waals surface area contributed by atoms with Crippen LogP contribution in [0.2, 0.25) is 0 Å². The highest BCUT2D eigenvalue weighted by Gasteiger charge is 2.51. The van der Waals surface area contributed by atoms with Crippen molar-refractivity contribution in [3.63, 3.8) is 0 Å². The van der Waals surface area contributed by atoms with Crippen molar-refractivity contribution in [1.82, 2.24) is 9.19 Å². The van der Waals surface area contributed by atoms with E-state index in [4.69, 9.17) is 5.73 Å². The van der Waals surface area contributed by atoms with Crippen LogP contribution in [0.4, 0.5) is 0 Å². The van der Waals surface area contributed by atoms with Gasteiger partial charge in [-0.25, -0.2) is 0 Å². The van der Waals surface area contributed by atoms with Crippen LogP contribution in [0.5, 0.6) is 0 Å². The SMILES string of the molecule is Cc1ccc(S(=O)(=O)n2ccc(C3(N)CC3C)n2)cc1. The number of hydrogen-bond donors (Lipinski definition) is 1. The van der Waals surface area contributed by atoms with E-state index in [1.807, 2.05) is 13.8 Å². The van der Waals surface area contributed by atoms with Crippen molar-refractivity contribution in [1.29, 1.82) is 0 Å². The number of rotatable bonds is 3. The maximum Gasteiger partial charge on any atom is 0.282 e. The first kappa shape index (κ1) is 13.3. The van der Waals surface area contributed by atoms with Gasteiger partial charge < -0.3 is 5.73 Å². The lowest BCUT2D eigenvalue weighted by molar-refractivity contribution is 0.574. The van der Waals surface area contributed by atoms with Crippen molar-refractivity contribution in [2.75, 3.05) is 0 Å². The van der Waals surface area contributed by atoms with Gasteiger partial charge in [0.05, 0.1) is 16.1 Å². The number of nitrogens with two attached hydrogens (primary N) is 1. The molecular formula is C14H17N3O2S. The summed E-state index contributed by atoms with van der Waals surface area (Å²) in [6.45, 7) is 3.95. The van der Waals surface area contributed by atoms with E-state index in [-0.39, 0.29) is 4.90 Å². The summed E-state index contributed by atoms with van der Waals surface area (Å²) in [5, 5.41) is 4.17. The van der Waals surface area contributed by atoms with Crippen LogP contribution in [-0.4, -0.2) is 17.6 Å². The van der Waals surface area contributed by atoms with Crippen molar-refractivity contribution in [3.05, 3.63) is 47.8 Å². The maximum absolute atomic E-state index is 12.4. The Labute approximate surface area is 118 Å². The average Bonchev–Trinajstić information content (AvgIpc) is 2.82. The van der Waals surface area contributed by atoms with Crippen molar-refractivity contribution in [3.8, 4) is 0 Å². The van der Waals surface area contributed by atoms with Gasteiger partial charge in [-0.05, 0) is 37.5 Å². The quantitative estimate of drug-likeness (QED) is 0.932. The minimum absolute atomic E-state index is 0.229. The number of benzene rings is 1. The van der Waals surface area contributed by atoms with Crippen LogP contribution in [-0.2, 0) is 15.6 Å². The van der Waals surface area contributed by atoms with E-state index in [0.717, 1.165) is 16.1 Å². The zero-order valence-electron chi connectivity index (χ0n) is 11.4. The van der Waals surface area contributed by atoms with Gasteiger partial charge in [0, 0.05) is 6.20 Å². The molecule has 6 heteroatoms. The normalized spacial score (nSPS) is 25.6. The fraction of sp³-hybridized carbons (Fsp3) is 0.357. The summed E-state index contributed by atoms with van der Waals surface area (Å²) in [6, 6.07) is 8.40. The van der Waals surface area contributed by atoms with Crippen molar-refractivity contribution >= 4 is 10.0 Å². The second-order valence-electron chi connectivity index (χ2n) is 5.54. The molecule has 3 rings (SSSR count). The summed E-state index contributed by atoms with van der Waals surface area (Å²) in [6.07, 6.45) is 2.30. The number of aromatic nitrogens is 2. The fourth-order valence-corrected chi connectivity index (χ4v) is 3.42. The van der Waals surface area contributed by atoms with E-state index in [1.165, 1.54) is 6.20 Å². The third-order valence-corrected chi connectivity index (χ3v) is 5.54. The molecule has 1 aliphatic rings. The minimum Gasteiger partial charge on any atom is -0.320 e. The van der Waals surface area contributed by atoms with Gasteiger partial charge in [0.25, 0.3) is 10.0 Å². The molecule has 1 aliphatic carbocycles. The van der Waals surface area contributed by atoms with Gasteiger partial charge in [-0.2, -0.15) is 17.6 Å². The molecule has 106 valence electrons. The number of aryl methyl sites for hydroxylation is 1. The second kappa shape index (κ2) is 4.17. The second-order valence-corrected chi connectivity index (χ2v) is 7.33. The highest BCUT2D eigenvalue weighted by molar-refractivity contribution is 7.89. The molecular weight excluding hydrogens is 274 g/mol. The molecule has 0 radical (unpaired) electrons. The minimum atomic E-state index is -3.63. The van der Waals surface area contributed by atoms with E-state index in [1.54, 1.807) is 30.3 Å². The van der Waals surface area contributed by atoms with Gasteiger partial charge in [-0.1, -0.05) is 24.6 Å². The molecule has 0 aliphatic heterocycles. The Morgan fingerprint density at radius 2 is 1.90 bits per heavy atom. The van der Waals surface area contributed by atoms with Crippen LogP contribution < -0.4 is 5.73 Å². The van der Waals surface area contributed by atoms with Crippen LogP contribution >= 0.6 is 0 Å². The van der Waals surface area contributed by atoms with E-state index in [2.05, 4.69) is 5.10 Å². The largest absolute Gasteiger partial charge is 0.320 e. The van der Waals surface area contributed by atoms with E-state index >= 15 is 0 Å². The van der Waals surface area contributed by atoms with Gasteiger partial charge in [0.2, 0.25) is 0 Å². The van der Waals surface area contributed by atoms with E-state index in [0.29, 0.717) is 11.6 Å². The smallest absolute Gasteiger partial charge is 0.282 e. The molecule has 2 N–H and O–H groups in total. The zero-order chi connectivity index (χ0) is 14.5. The van der Waals surface area contributed by atoms with Crippen LogP contribution in [0.1, 0.15) is 24.6 Å². The third-order valence-electron chi connectivity index (χ3n) is 3.97. The van der Waals surface area contributed by atoms with Crippen LogP contribution in [0.15, 0.2) is 41.4 Å². The van der Waals surface area contributed by atoms with Gasteiger partial charge in [-0.3, -0.25) is 0 Å². The van der Waals surface area contributed by atoms with Crippen LogP contribution in [0.3, 0.4) is 0 Å². The van der Waals surface area contributed by atoms with Gasteiger partial charge >= 0.3 is 0 Å². The maximum atomic E-state index is 12.4. The molecule has 0 spiro atoms. The lowest BCUT2D eigenvalue weighted by atomic mass is 10.1. The van der Waals surface area contributed by atoms with Crippen LogP contribution in [0, 0.1) is 12.8 Å². The molecule has 2 aromatic rings. The standard InChI is InChI=1S/C14H17N3O2S/c1-10-3-5-12(6-4-10)20(18,19)17-8-7-13(16-17)14(15)9-11(14)2/h3-8,11H,9,15H2,1-2H3. The topological polar surface area (TPSA) is 78.0 Å². The Balaban J connectivity index is 1.98. The van der Waals surface area contributed by atoms with E-state index < -0.39 is 15.6 Å². The zero-order valence-corrected chi connectivity index (χ0v) is 12.3. The average molecular weight is 291 g/mol. The van der Waals surface area contributed by atoms with Crippen molar-refractivity contribution < 1.29 is 8.42 Å². The summed E-state index contributed by atoms with van der Waals surface area (Å²) < 4.78 is 25.9. The third kappa shape index (κ3) is 1.96. The Kier molecular flexibility index (Phi) is 2.78. The van der Waals surface area contributed by atoms with Crippen molar-refractivity contribution in [2.24, 2.45) is 11.7 Å². The molecule has 5 nitrogen and oxygen atoms in total. The summed E-state index contributed by atoms with van der Waals surface area (Å²) in [5.41, 5.74) is 7.34. The van der Waals surface area contributed by atoms with E-state index in [9.17, 15) is 8.42 Å². The Morgan fingerprint density at radius 3 is 2.45 bits per heavy atom. The summed E-state index contributed by atoms with van der Waals surface area (Å²) in [5.74, 6) is 0.341. The number of nitrogens with zero attached hydrogens (tertiary/aromatic N) is 2. The lowest BCUT2D eigenvalue weighted by Gasteiger charge is -2.07. The highest BCUT2D eigenvalue weighted by Crippen LogP contribution is 2.48. The van der Waals surface area contributed by atoms with Gasteiger partial charge in [-0.15, -0.1) is 0 Å². The first-order valence-electron chi connectivity index (χ1n) is 6.51. The highest BCUT2D eigenvalue weighted by atomic mass is 32.2. The Bertz CT molecular complexity index is 749. The fourth-order valence-electron chi connectivity index (χ4n) is 2.31. The summed E-state index contributed by atoms with van der Waals surface area (Å²) in [4.78, 5) is 0.229. The monoisotopic (exact) mass is 291 g/mol. The van der Waals surface area contributed by atoms with Crippen LogP contribution in [0.25, 0.3) is 0 Å². The van der Waals surface area contributed by atoms with Gasteiger partial charge in [0.1, 0.15) is 0 Å². The molecule has 1 fully saturated rings. The molecule has 1 aromatic carbocycles. The molecule has 1 aromatic heterocycles.